The van der Waals surface area contributed by atoms with E-state index < -0.39 is 5.82 Å². The Balaban J connectivity index is 2.44. The number of carbonyl (C=O) groups is 1. The highest BCUT2D eigenvalue weighted by molar-refractivity contribution is 8.00. The maximum Gasteiger partial charge on any atom is 0.175 e. The Kier molecular flexibility index (Phi) is 5.36. The topological polar surface area (TPSA) is 26.3 Å². The van der Waals surface area contributed by atoms with Crippen LogP contribution in [0.2, 0.25) is 0 Å². The quantitative estimate of drug-likeness (QED) is 0.552. The van der Waals surface area contributed by atoms with Gasteiger partial charge in [-0.15, -0.1) is 0 Å². The second-order valence-electron chi connectivity index (χ2n) is 2.95. The molecule has 1 aromatic rings. The first-order valence-electron chi connectivity index (χ1n) is 4.60. The minimum Gasteiger partial charge on any atom is -0.384 e. The van der Waals surface area contributed by atoms with E-state index in [1.54, 1.807) is 19.2 Å². The van der Waals surface area contributed by atoms with Gasteiger partial charge in [0, 0.05) is 12.9 Å². The van der Waals surface area contributed by atoms with Crippen molar-refractivity contribution in [1.82, 2.24) is 0 Å². The minimum absolute atomic E-state index is 0.169. The number of hydrogen-bond donors (Lipinski definition) is 0. The van der Waals surface area contributed by atoms with Crippen LogP contribution in [0.5, 0.6) is 0 Å². The Morgan fingerprint density at radius 2 is 2.20 bits per heavy atom. The van der Waals surface area contributed by atoms with Crippen LogP contribution >= 0.6 is 11.8 Å². The third-order valence-corrected chi connectivity index (χ3v) is 2.76. The number of rotatable bonds is 6. The highest BCUT2D eigenvalue weighted by Crippen LogP contribution is 2.10. The third-order valence-electron chi connectivity index (χ3n) is 1.84. The average molecular weight is 228 g/mol. The first-order chi connectivity index (χ1) is 7.25. The van der Waals surface area contributed by atoms with Gasteiger partial charge in [0.05, 0.1) is 17.9 Å². The molecule has 0 saturated carbocycles. The summed E-state index contributed by atoms with van der Waals surface area (Å²) in [5, 5.41) is 0. The van der Waals surface area contributed by atoms with Crippen molar-refractivity contribution in [2.24, 2.45) is 0 Å². The molecule has 0 fully saturated rings. The van der Waals surface area contributed by atoms with E-state index in [9.17, 15) is 9.18 Å². The zero-order chi connectivity index (χ0) is 11.1. The Hall–Kier alpha value is -0.870. The molecule has 0 saturated heterocycles. The maximum absolute atomic E-state index is 13.2. The molecule has 2 nitrogen and oxygen atoms in total. The summed E-state index contributed by atoms with van der Waals surface area (Å²) in [4.78, 5) is 11.5. The number of methoxy groups -OCH3 is 1. The Morgan fingerprint density at radius 3 is 2.87 bits per heavy atom. The zero-order valence-corrected chi connectivity index (χ0v) is 9.35. The Labute approximate surface area is 92.8 Å². The lowest BCUT2D eigenvalue weighted by atomic mass is 10.1. The normalized spacial score (nSPS) is 10.3. The monoisotopic (exact) mass is 228 g/mol. The number of carbonyl (C=O) groups excluding carboxylic acids is 1. The molecule has 82 valence electrons. The summed E-state index contributed by atoms with van der Waals surface area (Å²) in [5.41, 5.74) is 0.169. The first kappa shape index (κ1) is 12.2. The molecule has 0 aliphatic rings. The number of Topliss-reactive ketones (excluding diaryl/α,β-unsaturated/α-hetero) is 1. The zero-order valence-electron chi connectivity index (χ0n) is 8.53. The van der Waals surface area contributed by atoms with E-state index in [2.05, 4.69) is 0 Å². The van der Waals surface area contributed by atoms with Gasteiger partial charge in [-0.1, -0.05) is 12.1 Å². The summed E-state index contributed by atoms with van der Waals surface area (Å²) in [6.07, 6.45) is 0. The Morgan fingerprint density at radius 1 is 1.47 bits per heavy atom. The molecule has 0 aliphatic carbocycles. The van der Waals surface area contributed by atoms with Crippen molar-refractivity contribution in [2.75, 3.05) is 25.2 Å². The lowest BCUT2D eigenvalue weighted by Gasteiger charge is -2.02. The van der Waals surface area contributed by atoms with Gasteiger partial charge in [-0.2, -0.15) is 11.8 Å². The fraction of sp³-hybridized carbons (Fsp3) is 0.364. The van der Waals surface area contributed by atoms with Gasteiger partial charge in [0.25, 0.3) is 0 Å². The molecule has 0 bridgehead atoms. The van der Waals surface area contributed by atoms with Crippen LogP contribution in [0.25, 0.3) is 0 Å². The molecule has 1 rings (SSSR count). The van der Waals surface area contributed by atoms with Crippen molar-refractivity contribution in [2.45, 2.75) is 0 Å². The molecule has 0 amide bonds. The molecular formula is C11H13FO2S. The van der Waals surface area contributed by atoms with E-state index in [0.717, 1.165) is 5.75 Å². The third kappa shape index (κ3) is 4.01. The first-order valence-corrected chi connectivity index (χ1v) is 5.75. The summed E-state index contributed by atoms with van der Waals surface area (Å²) in [6.45, 7) is 0.606. The van der Waals surface area contributed by atoms with Crippen LogP contribution in [0.15, 0.2) is 24.3 Å². The molecule has 0 atom stereocenters. The SMILES string of the molecule is COCCSCC(=O)c1ccccc1F. The molecule has 0 aromatic heterocycles. The second kappa shape index (κ2) is 6.58. The van der Waals surface area contributed by atoms with Crippen LogP contribution in [0, 0.1) is 5.82 Å². The lowest BCUT2D eigenvalue weighted by Crippen LogP contribution is -2.06. The number of ether oxygens (including phenoxy) is 1. The molecule has 0 unspecified atom stereocenters. The van der Waals surface area contributed by atoms with Crippen LogP contribution in [0.1, 0.15) is 10.4 Å². The number of ketones is 1. The highest BCUT2D eigenvalue weighted by atomic mass is 32.2. The number of thioether (sulfide) groups is 1. The average Bonchev–Trinajstić information content (AvgIpc) is 2.25. The summed E-state index contributed by atoms with van der Waals surface area (Å²) < 4.78 is 18.0. The fourth-order valence-corrected chi connectivity index (χ4v) is 1.84. The molecule has 1 aromatic carbocycles. The van der Waals surface area contributed by atoms with Crippen molar-refractivity contribution in [3.05, 3.63) is 35.6 Å². The number of benzene rings is 1. The van der Waals surface area contributed by atoms with Crippen LogP contribution in [-0.2, 0) is 4.74 Å². The van der Waals surface area contributed by atoms with Gasteiger partial charge in [0.2, 0.25) is 0 Å². The maximum atomic E-state index is 13.2. The van der Waals surface area contributed by atoms with Gasteiger partial charge in [-0.3, -0.25) is 4.79 Å². The smallest absolute Gasteiger partial charge is 0.175 e. The lowest BCUT2D eigenvalue weighted by molar-refractivity contribution is 0.101. The second-order valence-corrected chi connectivity index (χ2v) is 4.05. The molecule has 0 radical (unpaired) electrons. The van der Waals surface area contributed by atoms with Crippen LogP contribution < -0.4 is 0 Å². The highest BCUT2D eigenvalue weighted by Gasteiger charge is 2.10. The van der Waals surface area contributed by atoms with Gasteiger partial charge in [-0.25, -0.2) is 4.39 Å². The van der Waals surface area contributed by atoms with Crippen molar-refractivity contribution in [3.8, 4) is 0 Å². The predicted octanol–water partition coefficient (Wildman–Crippen LogP) is 2.39. The molecule has 0 heterocycles. The molecule has 0 N–H and O–H groups in total. The van der Waals surface area contributed by atoms with Gasteiger partial charge < -0.3 is 4.74 Å². The summed E-state index contributed by atoms with van der Waals surface area (Å²) in [6, 6.07) is 6.04. The van der Waals surface area contributed by atoms with Crippen LogP contribution in [-0.4, -0.2) is 31.0 Å². The summed E-state index contributed by atoms with van der Waals surface area (Å²) >= 11 is 1.45. The van der Waals surface area contributed by atoms with E-state index in [0.29, 0.717) is 12.4 Å². The standard InChI is InChI=1S/C11H13FO2S/c1-14-6-7-15-8-11(13)9-4-2-3-5-10(9)12/h2-5H,6-8H2,1H3. The molecular weight excluding hydrogens is 215 g/mol. The van der Waals surface area contributed by atoms with E-state index >= 15 is 0 Å². The molecule has 4 heteroatoms. The van der Waals surface area contributed by atoms with E-state index in [4.69, 9.17) is 4.74 Å². The van der Waals surface area contributed by atoms with Crippen LogP contribution in [0.4, 0.5) is 4.39 Å². The summed E-state index contributed by atoms with van der Waals surface area (Å²) in [5.74, 6) is 0.421. The van der Waals surface area contributed by atoms with E-state index in [1.807, 2.05) is 0 Å². The van der Waals surface area contributed by atoms with Gasteiger partial charge >= 0.3 is 0 Å². The minimum atomic E-state index is -0.449. The van der Waals surface area contributed by atoms with Crippen LogP contribution in [0.3, 0.4) is 0 Å². The Bertz CT molecular complexity index is 328. The predicted molar refractivity (Wildman–Crippen MR) is 59.9 cm³/mol. The van der Waals surface area contributed by atoms with E-state index in [1.165, 1.54) is 23.9 Å². The van der Waals surface area contributed by atoms with Crippen molar-refractivity contribution < 1.29 is 13.9 Å². The van der Waals surface area contributed by atoms with Gasteiger partial charge in [0.1, 0.15) is 5.82 Å². The van der Waals surface area contributed by atoms with E-state index in [-0.39, 0.29) is 11.3 Å². The molecule has 0 spiro atoms. The van der Waals surface area contributed by atoms with Crippen molar-refractivity contribution in [1.29, 1.82) is 0 Å². The van der Waals surface area contributed by atoms with Gasteiger partial charge in [0.15, 0.2) is 5.78 Å². The molecule has 15 heavy (non-hydrogen) atoms. The van der Waals surface area contributed by atoms with Crippen molar-refractivity contribution in [3.63, 3.8) is 0 Å². The molecule has 0 aliphatic heterocycles. The summed E-state index contributed by atoms with van der Waals surface area (Å²) in [7, 11) is 1.61. The fourth-order valence-electron chi connectivity index (χ4n) is 1.07. The van der Waals surface area contributed by atoms with Gasteiger partial charge in [-0.05, 0) is 12.1 Å². The largest absolute Gasteiger partial charge is 0.384 e. The number of hydrogen-bond acceptors (Lipinski definition) is 3. The van der Waals surface area contributed by atoms with Crippen molar-refractivity contribution >= 4 is 17.5 Å². The number of halogens is 1.